The average Bonchev–Trinajstić information content (AvgIpc) is 3.59. The van der Waals surface area contributed by atoms with Gasteiger partial charge in [-0.15, -0.1) is 35.1 Å². The average molecular weight is 716 g/mol. The largest absolute Gasteiger partial charge is 0.512 e. The minimum Gasteiger partial charge on any atom is -0.512 e. The molecule has 40 heavy (non-hydrogen) atoms. The molecule has 8 aromatic rings. The third kappa shape index (κ3) is 4.08. The Morgan fingerprint density at radius 3 is 2.27 bits per heavy atom. The number of aromatic nitrogens is 2. The van der Waals surface area contributed by atoms with Crippen LogP contribution in [0.5, 0.6) is 0 Å². The summed E-state index contributed by atoms with van der Waals surface area (Å²) in [5, 5.41) is 16.2. The number of carbonyl (C=O) groups is 1. The van der Waals surface area contributed by atoms with E-state index in [1.165, 1.54) is 78.2 Å². The Kier molecular flexibility index (Phi) is 6.63. The number of aliphatic hydroxyl groups excluding tert-OH is 1. The molecule has 0 bridgehead atoms. The summed E-state index contributed by atoms with van der Waals surface area (Å²) in [5.41, 5.74) is 5.80. The number of hydrogen-bond donors (Lipinski definition) is 1. The number of pyridine rings is 1. The Bertz CT molecular complexity index is 2220. The molecule has 197 valence electrons. The molecule has 4 aromatic carbocycles. The molecular weight excluding hydrogens is 693 g/mol. The number of nitrogens with zero attached hydrogens (tertiary/aromatic N) is 2. The van der Waals surface area contributed by atoms with Gasteiger partial charge in [0.15, 0.2) is 5.78 Å². The van der Waals surface area contributed by atoms with E-state index in [1.54, 1.807) is 0 Å². The summed E-state index contributed by atoms with van der Waals surface area (Å²) in [4.78, 5) is 14.6. The van der Waals surface area contributed by atoms with E-state index in [4.69, 9.17) is 5.11 Å². The van der Waals surface area contributed by atoms with E-state index in [-0.39, 0.29) is 31.6 Å². The first-order valence-corrected chi connectivity index (χ1v) is 13.6. The van der Waals surface area contributed by atoms with Gasteiger partial charge in [-0.3, -0.25) is 4.79 Å². The van der Waals surface area contributed by atoms with Crippen molar-refractivity contribution in [2.24, 2.45) is 0 Å². The van der Waals surface area contributed by atoms with E-state index in [0.717, 1.165) is 11.3 Å². The number of fused-ring (bicyclic) bond motifs is 10. The summed E-state index contributed by atoms with van der Waals surface area (Å²) in [5.74, 6) is -0.0625. The Morgan fingerprint density at radius 1 is 0.850 bits per heavy atom. The van der Waals surface area contributed by atoms with Gasteiger partial charge in [-0.2, -0.15) is 0 Å². The minimum atomic E-state index is -0.125. The summed E-state index contributed by atoms with van der Waals surface area (Å²) in [7, 11) is 0. The van der Waals surface area contributed by atoms with Gasteiger partial charge in [0, 0.05) is 58.6 Å². The number of carbonyl (C=O) groups excluding carboxylic acids is 1. The Labute approximate surface area is 247 Å². The molecule has 4 heterocycles. The van der Waals surface area contributed by atoms with E-state index in [2.05, 4.69) is 82.2 Å². The van der Waals surface area contributed by atoms with E-state index < -0.39 is 0 Å². The molecule has 1 N–H and O–H groups in total. The Balaban J connectivity index is 0.000000325. The molecule has 0 saturated carbocycles. The number of rotatable bonds is 2. The number of hydrogen-bond acceptors (Lipinski definition) is 4. The zero-order valence-electron chi connectivity index (χ0n) is 21.7. The number of aliphatic hydroxyl groups is 1. The third-order valence-electron chi connectivity index (χ3n) is 7.11. The molecule has 0 unspecified atom stereocenters. The van der Waals surface area contributed by atoms with Crippen LogP contribution in [0.15, 0.2) is 103 Å². The number of thiophene rings is 1. The minimum absolute atomic E-state index is 0. The van der Waals surface area contributed by atoms with Crippen molar-refractivity contribution in [3.8, 4) is 11.3 Å². The van der Waals surface area contributed by atoms with Crippen molar-refractivity contribution in [3.63, 3.8) is 0 Å². The maximum atomic E-state index is 10.0. The maximum absolute atomic E-state index is 10.0. The second kappa shape index (κ2) is 10.1. The van der Waals surface area contributed by atoms with Gasteiger partial charge in [0.1, 0.15) is 0 Å². The van der Waals surface area contributed by atoms with Crippen LogP contribution in [-0.2, 0) is 24.9 Å². The second-order valence-electron chi connectivity index (χ2n) is 9.73. The molecule has 0 aliphatic carbocycles. The van der Waals surface area contributed by atoms with Crippen LogP contribution in [-0.4, -0.2) is 20.3 Å². The number of allylic oxidation sites excluding steroid dienone is 2. The van der Waals surface area contributed by atoms with Crippen molar-refractivity contribution in [1.29, 1.82) is 0 Å². The topological polar surface area (TPSA) is 54.6 Å². The first-order valence-electron chi connectivity index (χ1n) is 12.7. The molecule has 0 amide bonds. The first kappa shape index (κ1) is 26.1. The maximum Gasteiger partial charge on any atom is 0.155 e. The fourth-order valence-corrected chi connectivity index (χ4v) is 6.87. The molecule has 0 aliphatic rings. The van der Waals surface area contributed by atoms with E-state index in [9.17, 15) is 4.79 Å². The number of benzene rings is 4. The van der Waals surface area contributed by atoms with Crippen molar-refractivity contribution in [1.82, 2.24) is 9.38 Å². The van der Waals surface area contributed by atoms with Gasteiger partial charge < -0.3 is 14.5 Å². The van der Waals surface area contributed by atoms with Gasteiger partial charge in [-0.05, 0) is 42.6 Å². The van der Waals surface area contributed by atoms with Crippen LogP contribution in [0.3, 0.4) is 0 Å². The van der Waals surface area contributed by atoms with Gasteiger partial charge in [0.25, 0.3) is 0 Å². The van der Waals surface area contributed by atoms with E-state index >= 15 is 0 Å². The van der Waals surface area contributed by atoms with Crippen LogP contribution in [0, 0.1) is 6.07 Å². The zero-order valence-corrected chi connectivity index (χ0v) is 24.9. The number of para-hydroxylation sites is 1. The van der Waals surface area contributed by atoms with Gasteiger partial charge in [-0.1, -0.05) is 66.0 Å². The van der Waals surface area contributed by atoms with Crippen molar-refractivity contribution in [3.05, 3.63) is 109 Å². The normalized spacial score (nSPS) is 11.9. The molecule has 6 heteroatoms. The van der Waals surface area contributed by atoms with Crippen molar-refractivity contribution >= 4 is 75.4 Å². The van der Waals surface area contributed by atoms with Crippen LogP contribution in [0.25, 0.3) is 69.5 Å². The van der Waals surface area contributed by atoms with E-state index in [0.29, 0.717) is 0 Å². The predicted octanol–water partition coefficient (Wildman–Crippen LogP) is 9.10. The Hall–Kier alpha value is -4.09. The molecular formula is C34H23IrN2O2S-. The van der Waals surface area contributed by atoms with Crippen molar-refractivity contribution in [2.45, 2.75) is 13.8 Å². The summed E-state index contributed by atoms with van der Waals surface area (Å²) >= 11 is 1.89. The summed E-state index contributed by atoms with van der Waals surface area (Å²) in [6, 6.07) is 33.9. The molecule has 0 aliphatic heterocycles. The molecule has 4 nitrogen and oxygen atoms in total. The fraction of sp³-hybridized carbons (Fsp3) is 0.0588. The Morgan fingerprint density at radius 2 is 1.55 bits per heavy atom. The molecule has 4 aromatic heterocycles. The van der Waals surface area contributed by atoms with Crippen LogP contribution in [0.4, 0.5) is 0 Å². The van der Waals surface area contributed by atoms with Gasteiger partial charge in [0.05, 0.1) is 21.5 Å². The second-order valence-corrected chi connectivity index (χ2v) is 10.8. The first-order chi connectivity index (χ1) is 19.0. The van der Waals surface area contributed by atoms with Crippen molar-refractivity contribution < 1.29 is 30.0 Å². The third-order valence-corrected chi connectivity index (χ3v) is 8.30. The van der Waals surface area contributed by atoms with E-state index in [1.807, 2.05) is 35.7 Å². The summed E-state index contributed by atoms with van der Waals surface area (Å²) in [6.07, 6.45) is 3.01. The molecule has 0 fully saturated rings. The fourth-order valence-electron chi connectivity index (χ4n) is 5.63. The molecule has 0 saturated heterocycles. The quantitative estimate of drug-likeness (QED) is 0.110. The smallest absolute Gasteiger partial charge is 0.155 e. The van der Waals surface area contributed by atoms with Crippen LogP contribution in [0.1, 0.15) is 13.8 Å². The van der Waals surface area contributed by atoms with Crippen LogP contribution < -0.4 is 0 Å². The van der Waals surface area contributed by atoms with Crippen LogP contribution >= 0.6 is 11.3 Å². The molecule has 0 spiro atoms. The standard InChI is InChI=1S/C29H15N2S.C5H8O2.Ir/c1-2-10-26-18(6-1)22-13-12-21-19-7-5-8-20-23-16-17(24-9-3-4-15-30-24)11-14-25(23)31(27(19)20)28(21)29(22)32-26;1-4(6)3-5(2)7;/h1-10,12-16H;3,6H,1-2H3;/q-1;;/b;4-3-;. The van der Waals surface area contributed by atoms with Gasteiger partial charge in [-0.25, -0.2) is 0 Å². The monoisotopic (exact) mass is 716 g/mol. The number of ketones is 1. The summed E-state index contributed by atoms with van der Waals surface area (Å²) < 4.78 is 5.15. The molecule has 0 atom stereocenters. The SMILES string of the molecule is CC(=O)/C=C(/C)O.[Ir].[c-]1cc2c(cc1-c1ccccn1)c1cccc3c4ccc5c6ccccc6sc5c4n2c13. The van der Waals surface area contributed by atoms with Gasteiger partial charge in [0.2, 0.25) is 0 Å². The molecule has 8 rings (SSSR count). The van der Waals surface area contributed by atoms with Crippen molar-refractivity contribution in [2.75, 3.05) is 0 Å². The summed E-state index contributed by atoms with van der Waals surface area (Å²) in [6.45, 7) is 2.85. The van der Waals surface area contributed by atoms with Gasteiger partial charge >= 0.3 is 0 Å². The zero-order chi connectivity index (χ0) is 26.7. The predicted molar refractivity (Wildman–Crippen MR) is 163 cm³/mol. The van der Waals surface area contributed by atoms with Crippen LogP contribution in [0.2, 0.25) is 0 Å². The molecule has 1 radical (unpaired) electrons.